The lowest BCUT2D eigenvalue weighted by Crippen LogP contribution is -2.34. The molecule has 0 radical (unpaired) electrons. The normalized spacial score (nSPS) is 26.8. The molecule has 4 heteroatoms. The fourth-order valence-corrected chi connectivity index (χ4v) is 3.36. The van der Waals surface area contributed by atoms with Crippen LogP contribution in [0.5, 0.6) is 0 Å². The molecule has 0 spiro atoms. The second kappa shape index (κ2) is 6.45. The van der Waals surface area contributed by atoms with E-state index in [9.17, 15) is 0 Å². The smallest absolute Gasteiger partial charge is 0.0438 e. The molecule has 1 N–H and O–H groups in total. The number of nitrogens with one attached hydrogen (secondary N) is 1. The summed E-state index contributed by atoms with van der Waals surface area (Å²) in [5.74, 6) is 0. The van der Waals surface area contributed by atoms with Crippen LogP contribution < -0.4 is 5.32 Å². The highest BCUT2D eigenvalue weighted by molar-refractivity contribution is 6.31. The molecule has 1 aromatic carbocycles. The van der Waals surface area contributed by atoms with E-state index in [1.165, 1.54) is 37.9 Å². The average molecular weight is 301 g/mol. The summed E-state index contributed by atoms with van der Waals surface area (Å²) < 4.78 is 0. The van der Waals surface area contributed by atoms with Crippen molar-refractivity contribution in [1.82, 2.24) is 10.2 Å². The summed E-state index contributed by atoms with van der Waals surface area (Å²) in [4.78, 5) is 2.57. The van der Waals surface area contributed by atoms with E-state index in [1.54, 1.807) is 0 Å². The molecule has 2 aliphatic rings. The van der Waals surface area contributed by atoms with Gasteiger partial charge in [-0.3, -0.25) is 4.90 Å². The van der Waals surface area contributed by atoms with Crippen LogP contribution in [0.4, 0.5) is 0 Å². The lowest BCUT2D eigenvalue weighted by molar-refractivity contribution is 0.251. The van der Waals surface area contributed by atoms with Crippen molar-refractivity contribution in [3.8, 4) is 0 Å². The first-order valence-corrected chi connectivity index (χ1v) is 7.32. The van der Waals surface area contributed by atoms with Gasteiger partial charge in [-0.1, -0.05) is 23.7 Å². The van der Waals surface area contributed by atoms with Crippen LogP contribution in [0.2, 0.25) is 5.02 Å². The molecule has 2 bridgehead atoms. The average Bonchev–Trinajstić information content (AvgIpc) is 2.68. The Morgan fingerprint density at radius 3 is 2.84 bits per heavy atom. The molecule has 2 unspecified atom stereocenters. The maximum Gasteiger partial charge on any atom is 0.0438 e. The number of likely N-dealkylation sites (tertiary alicyclic amines) is 1. The van der Waals surface area contributed by atoms with Crippen molar-refractivity contribution in [3.05, 3.63) is 34.3 Å². The lowest BCUT2D eigenvalue weighted by Gasteiger charge is -2.24. The monoisotopic (exact) mass is 300 g/mol. The standard InChI is InChI=1S/C15H21ClN2.ClH/c1-11-2-3-12(8-15(11)16)9-18-7-6-13-4-5-14(10-18)17-13;/h2-3,8,13-14,17H,4-7,9-10H2,1H3;1H. The van der Waals surface area contributed by atoms with Gasteiger partial charge >= 0.3 is 0 Å². The summed E-state index contributed by atoms with van der Waals surface area (Å²) in [6.45, 7) is 5.48. The van der Waals surface area contributed by atoms with Crippen LogP contribution in [-0.4, -0.2) is 30.1 Å². The van der Waals surface area contributed by atoms with Crippen LogP contribution in [0.1, 0.15) is 30.4 Å². The van der Waals surface area contributed by atoms with E-state index in [4.69, 9.17) is 11.6 Å². The molecule has 2 fully saturated rings. The van der Waals surface area contributed by atoms with Gasteiger partial charge in [0.25, 0.3) is 0 Å². The van der Waals surface area contributed by atoms with Crippen LogP contribution >= 0.6 is 24.0 Å². The molecule has 2 heterocycles. The first-order chi connectivity index (χ1) is 8.70. The maximum absolute atomic E-state index is 6.20. The molecule has 0 aliphatic carbocycles. The largest absolute Gasteiger partial charge is 0.310 e. The molecule has 0 amide bonds. The number of halogens is 2. The van der Waals surface area contributed by atoms with E-state index < -0.39 is 0 Å². The van der Waals surface area contributed by atoms with Gasteiger partial charge in [-0.2, -0.15) is 0 Å². The van der Waals surface area contributed by atoms with Gasteiger partial charge in [-0.15, -0.1) is 12.4 Å². The van der Waals surface area contributed by atoms with E-state index in [1.807, 2.05) is 0 Å². The Balaban J connectivity index is 0.00000133. The zero-order valence-corrected chi connectivity index (χ0v) is 12.9. The number of nitrogens with zero attached hydrogens (tertiary/aromatic N) is 1. The summed E-state index contributed by atoms with van der Waals surface area (Å²) in [6, 6.07) is 7.92. The molecular weight excluding hydrogens is 279 g/mol. The number of rotatable bonds is 2. The van der Waals surface area contributed by atoms with Crippen molar-refractivity contribution in [2.75, 3.05) is 13.1 Å². The van der Waals surface area contributed by atoms with E-state index in [0.717, 1.165) is 23.2 Å². The fourth-order valence-electron chi connectivity index (χ4n) is 3.15. The Kier molecular flexibility index (Phi) is 5.13. The zero-order chi connectivity index (χ0) is 12.5. The Bertz CT molecular complexity index is 436. The number of fused-ring (bicyclic) bond motifs is 2. The molecule has 19 heavy (non-hydrogen) atoms. The second-order valence-electron chi connectivity index (χ2n) is 5.75. The lowest BCUT2D eigenvalue weighted by atomic mass is 10.1. The molecule has 0 aromatic heterocycles. The summed E-state index contributed by atoms with van der Waals surface area (Å²) >= 11 is 6.20. The van der Waals surface area contributed by atoms with E-state index in [-0.39, 0.29) is 12.4 Å². The Morgan fingerprint density at radius 1 is 1.26 bits per heavy atom. The van der Waals surface area contributed by atoms with Gasteiger partial charge in [0.15, 0.2) is 0 Å². The predicted molar refractivity (Wildman–Crippen MR) is 83.3 cm³/mol. The third-order valence-corrected chi connectivity index (χ3v) is 4.66. The number of aryl methyl sites for hydroxylation is 1. The van der Waals surface area contributed by atoms with Gasteiger partial charge in [0.05, 0.1) is 0 Å². The molecule has 106 valence electrons. The van der Waals surface area contributed by atoms with Gasteiger partial charge in [-0.25, -0.2) is 0 Å². The van der Waals surface area contributed by atoms with E-state index >= 15 is 0 Å². The second-order valence-corrected chi connectivity index (χ2v) is 6.15. The summed E-state index contributed by atoms with van der Waals surface area (Å²) in [7, 11) is 0. The van der Waals surface area contributed by atoms with Crippen molar-refractivity contribution in [2.45, 2.75) is 44.8 Å². The predicted octanol–water partition coefficient (Wildman–Crippen LogP) is 3.40. The Morgan fingerprint density at radius 2 is 2.05 bits per heavy atom. The van der Waals surface area contributed by atoms with Crippen LogP contribution in [0.15, 0.2) is 18.2 Å². The minimum Gasteiger partial charge on any atom is -0.310 e. The Labute approximate surface area is 126 Å². The first-order valence-electron chi connectivity index (χ1n) is 6.94. The highest BCUT2D eigenvalue weighted by Crippen LogP contribution is 2.23. The SMILES string of the molecule is Cc1ccc(CN2CCC3CCC(C2)N3)cc1Cl.Cl. The van der Waals surface area contributed by atoms with Crippen molar-refractivity contribution in [2.24, 2.45) is 0 Å². The Hall–Kier alpha value is -0.280. The van der Waals surface area contributed by atoms with Crippen LogP contribution in [0.3, 0.4) is 0 Å². The number of hydrogen-bond donors (Lipinski definition) is 1. The number of benzene rings is 1. The van der Waals surface area contributed by atoms with Crippen molar-refractivity contribution < 1.29 is 0 Å². The third kappa shape index (κ3) is 3.63. The minimum absolute atomic E-state index is 0. The van der Waals surface area contributed by atoms with E-state index in [2.05, 4.69) is 35.3 Å². The summed E-state index contributed by atoms with van der Waals surface area (Å²) in [5.41, 5.74) is 2.50. The van der Waals surface area contributed by atoms with Crippen molar-refractivity contribution >= 4 is 24.0 Å². The highest BCUT2D eigenvalue weighted by Gasteiger charge is 2.28. The van der Waals surface area contributed by atoms with Gasteiger partial charge in [0, 0.05) is 36.7 Å². The summed E-state index contributed by atoms with van der Waals surface area (Å²) in [5, 5.41) is 4.61. The molecule has 0 saturated carbocycles. The van der Waals surface area contributed by atoms with Gasteiger partial charge in [0.2, 0.25) is 0 Å². The van der Waals surface area contributed by atoms with Gasteiger partial charge < -0.3 is 5.32 Å². The molecule has 1 aromatic rings. The maximum atomic E-state index is 6.20. The van der Waals surface area contributed by atoms with Gasteiger partial charge in [-0.05, 0) is 43.4 Å². The summed E-state index contributed by atoms with van der Waals surface area (Å²) in [6.07, 6.45) is 4.00. The molecule has 2 aliphatic heterocycles. The van der Waals surface area contributed by atoms with E-state index in [0.29, 0.717) is 6.04 Å². The van der Waals surface area contributed by atoms with Crippen molar-refractivity contribution in [3.63, 3.8) is 0 Å². The third-order valence-electron chi connectivity index (χ3n) is 4.25. The minimum atomic E-state index is 0. The molecule has 2 nitrogen and oxygen atoms in total. The number of hydrogen-bond acceptors (Lipinski definition) is 2. The molecule has 3 rings (SSSR count). The highest BCUT2D eigenvalue weighted by atomic mass is 35.5. The topological polar surface area (TPSA) is 15.3 Å². The van der Waals surface area contributed by atoms with Crippen LogP contribution in [-0.2, 0) is 6.54 Å². The molecule has 2 saturated heterocycles. The molecule has 2 atom stereocenters. The van der Waals surface area contributed by atoms with Gasteiger partial charge in [0.1, 0.15) is 0 Å². The fraction of sp³-hybridized carbons (Fsp3) is 0.600. The zero-order valence-electron chi connectivity index (χ0n) is 11.4. The molecular formula is C15H22Cl2N2. The van der Waals surface area contributed by atoms with Crippen molar-refractivity contribution in [1.29, 1.82) is 0 Å². The quantitative estimate of drug-likeness (QED) is 0.900. The first kappa shape index (κ1) is 15.1. The van der Waals surface area contributed by atoms with Crippen LogP contribution in [0, 0.1) is 6.92 Å². The van der Waals surface area contributed by atoms with Crippen LogP contribution in [0.25, 0.3) is 0 Å².